The van der Waals surface area contributed by atoms with E-state index in [-0.39, 0.29) is 0 Å². The highest BCUT2D eigenvalue weighted by Gasteiger charge is 2.32. The second-order valence-corrected chi connectivity index (χ2v) is 8.20. The van der Waals surface area contributed by atoms with Crippen LogP contribution in [0.5, 0.6) is 11.5 Å². The van der Waals surface area contributed by atoms with Gasteiger partial charge in [-0.3, -0.25) is 4.57 Å². The first-order valence-corrected chi connectivity index (χ1v) is 10.8. The van der Waals surface area contributed by atoms with Crippen LogP contribution in [0.2, 0.25) is 0 Å². The van der Waals surface area contributed by atoms with Crippen LogP contribution in [-0.2, 0) is 6.61 Å². The molecule has 152 valence electrons. The molecule has 6 nitrogen and oxygen atoms in total. The van der Waals surface area contributed by atoms with Crippen LogP contribution in [0.1, 0.15) is 31.5 Å². The number of hydrogen-bond donors (Lipinski definition) is 1. The molecule has 1 saturated carbocycles. The zero-order chi connectivity index (χ0) is 20.1. The summed E-state index contributed by atoms with van der Waals surface area (Å²) in [7, 11) is 1.64. The highest BCUT2D eigenvalue weighted by atomic mass is 32.2. The van der Waals surface area contributed by atoms with E-state index in [4.69, 9.17) is 9.47 Å². The van der Waals surface area contributed by atoms with E-state index in [9.17, 15) is 5.11 Å². The van der Waals surface area contributed by atoms with E-state index in [1.807, 2.05) is 59.2 Å². The SMILES string of the molecule is COc1ccc(OCc2nnc(SCC3(O)CCCC3)n2-c2ccccc2)cc1. The normalized spacial score (nSPS) is 15.4. The van der Waals surface area contributed by atoms with Crippen LogP contribution in [0.15, 0.2) is 59.8 Å². The monoisotopic (exact) mass is 411 g/mol. The molecule has 0 saturated heterocycles. The van der Waals surface area contributed by atoms with Crippen LogP contribution in [-0.4, -0.2) is 38.3 Å². The molecule has 2 aromatic carbocycles. The summed E-state index contributed by atoms with van der Waals surface area (Å²) in [5, 5.41) is 20.2. The highest BCUT2D eigenvalue weighted by molar-refractivity contribution is 7.99. The summed E-state index contributed by atoms with van der Waals surface area (Å²) in [5.41, 5.74) is 0.379. The molecule has 0 aliphatic heterocycles. The molecule has 1 aliphatic rings. The number of benzene rings is 2. The van der Waals surface area contributed by atoms with Crippen LogP contribution in [0.4, 0.5) is 0 Å². The number of rotatable bonds is 8. The van der Waals surface area contributed by atoms with Crippen molar-refractivity contribution in [3.8, 4) is 17.2 Å². The van der Waals surface area contributed by atoms with Crippen LogP contribution < -0.4 is 9.47 Å². The fraction of sp³-hybridized carbons (Fsp3) is 0.364. The third-order valence-corrected chi connectivity index (χ3v) is 6.35. The molecule has 3 aromatic rings. The molecular weight excluding hydrogens is 386 g/mol. The van der Waals surface area contributed by atoms with Crippen molar-refractivity contribution < 1.29 is 14.6 Å². The Balaban J connectivity index is 1.53. The van der Waals surface area contributed by atoms with Gasteiger partial charge in [-0.2, -0.15) is 0 Å². The van der Waals surface area contributed by atoms with Crippen LogP contribution >= 0.6 is 11.8 Å². The summed E-state index contributed by atoms with van der Waals surface area (Å²) in [6.07, 6.45) is 3.88. The van der Waals surface area contributed by atoms with E-state index in [2.05, 4.69) is 10.2 Å². The predicted octanol–water partition coefficient (Wildman–Crippen LogP) is 4.25. The first-order valence-electron chi connectivity index (χ1n) is 9.79. The summed E-state index contributed by atoms with van der Waals surface area (Å²) in [5.74, 6) is 2.86. The zero-order valence-electron chi connectivity index (χ0n) is 16.5. The van der Waals surface area contributed by atoms with E-state index < -0.39 is 5.60 Å². The van der Waals surface area contributed by atoms with Crippen molar-refractivity contribution in [2.45, 2.75) is 43.0 Å². The molecule has 0 amide bonds. The number of aliphatic hydroxyl groups is 1. The number of nitrogens with zero attached hydrogens (tertiary/aromatic N) is 3. The molecular formula is C22H25N3O3S. The lowest BCUT2D eigenvalue weighted by Gasteiger charge is -2.21. The number of aromatic nitrogens is 3. The van der Waals surface area contributed by atoms with E-state index in [1.54, 1.807) is 18.9 Å². The van der Waals surface area contributed by atoms with Gasteiger partial charge >= 0.3 is 0 Å². The molecule has 1 aromatic heterocycles. The molecule has 7 heteroatoms. The summed E-state index contributed by atoms with van der Waals surface area (Å²) < 4.78 is 13.1. The molecule has 29 heavy (non-hydrogen) atoms. The largest absolute Gasteiger partial charge is 0.497 e. The Morgan fingerprint density at radius 2 is 1.69 bits per heavy atom. The predicted molar refractivity (Wildman–Crippen MR) is 113 cm³/mol. The minimum absolute atomic E-state index is 0.291. The second-order valence-electron chi connectivity index (χ2n) is 7.25. The van der Waals surface area contributed by atoms with E-state index in [1.165, 1.54) is 0 Å². The van der Waals surface area contributed by atoms with E-state index >= 15 is 0 Å². The standard InChI is InChI=1S/C22H25N3O3S/c1-27-18-9-11-19(12-10-18)28-15-20-23-24-21(25(20)17-7-3-2-4-8-17)29-16-22(26)13-5-6-14-22/h2-4,7-12,26H,5-6,13-16H2,1H3. The number of para-hydroxylation sites is 1. The molecule has 1 N–H and O–H groups in total. The van der Waals surface area contributed by atoms with Crippen molar-refractivity contribution >= 4 is 11.8 Å². The van der Waals surface area contributed by atoms with E-state index in [0.29, 0.717) is 18.2 Å². The minimum atomic E-state index is -0.599. The average Bonchev–Trinajstić information content (AvgIpc) is 3.38. The first-order chi connectivity index (χ1) is 14.2. The van der Waals surface area contributed by atoms with Crippen LogP contribution in [0.3, 0.4) is 0 Å². The van der Waals surface area contributed by atoms with E-state index in [0.717, 1.165) is 48.0 Å². The molecule has 0 spiro atoms. The Morgan fingerprint density at radius 3 is 2.38 bits per heavy atom. The lowest BCUT2D eigenvalue weighted by Crippen LogP contribution is -2.27. The quantitative estimate of drug-likeness (QED) is 0.559. The van der Waals surface area contributed by atoms with Crippen molar-refractivity contribution in [1.82, 2.24) is 14.8 Å². The lowest BCUT2D eigenvalue weighted by molar-refractivity contribution is 0.0732. The topological polar surface area (TPSA) is 69.4 Å². The highest BCUT2D eigenvalue weighted by Crippen LogP contribution is 2.35. The van der Waals surface area contributed by atoms with Gasteiger partial charge in [-0.1, -0.05) is 42.8 Å². The molecule has 4 rings (SSSR count). The number of ether oxygens (including phenoxy) is 2. The molecule has 0 atom stereocenters. The Hall–Kier alpha value is -2.51. The fourth-order valence-corrected chi connectivity index (χ4v) is 4.64. The van der Waals surface area contributed by atoms with Gasteiger partial charge in [0.1, 0.15) is 18.1 Å². The zero-order valence-corrected chi connectivity index (χ0v) is 17.3. The summed E-state index contributed by atoms with van der Waals surface area (Å²) in [6, 6.07) is 17.5. The Morgan fingerprint density at radius 1 is 1.00 bits per heavy atom. The number of thioether (sulfide) groups is 1. The number of hydrogen-bond acceptors (Lipinski definition) is 6. The van der Waals surface area contributed by atoms with Crippen molar-refractivity contribution in [2.75, 3.05) is 12.9 Å². The van der Waals surface area contributed by atoms with Crippen LogP contribution in [0, 0.1) is 0 Å². The maximum absolute atomic E-state index is 10.7. The van der Waals surface area contributed by atoms with Crippen molar-refractivity contribution in [3.05, 3.63) is 60.4 Å². The maximum atomic E-state index is 10.7. The molecule has 1 heterocycles. The second kappa shape index (κ2) is 8.88. The molecule has 0 unspecified atom stereocenters. The molecule has 0 bridgehead atoms. The lowest BCUT2D eigenvalue weighted by atomic mass is 10.1. The van der Waals surface area contributed by atoms with Gasteiger partial charge in [-0.15, -0.1) is 10.2 Å². The van der Waals surface area contributed by atoms with Crippen LogP contribution in [0.25, 0.3) is 5.69 Å². The maximum Gasteiger partial charge on any atom is 0.196 e. The van der Waals surface area contributed by atoms with Crippen molar-refractivity contribution in [1.29, 1.82) is 0 Å². The van der Waals surface area contributed by atoms with Gasteiger partial charge in [-0.25, -0.2) is 0 Å². The number of methoxy groups -OCH3 is 1. The Kier molecular flexibility index (Phi) is 6.06. The van der Waals surface area contributed by atoms with Crippen molar-refractivity contribution in [3.63, 3.8) is 0 Å². The minimum Gasteiger partial charge on any atom is -0.497 e. The third-order valence-electron chi connectivity index (χ3n) is 5.15. The molecule has 1 fully saturated rings. The smallest absolute Gasteiger partial charge is 0.196 e. The van der Waals surface area contributed by atoms with Gasteiger partial charge in [0, 0.05) is 11.4 Å². The average molecular weight is 412 g/mol. The van der Waals surface area contributed by atoms with Gasteiger partial charge < -0.3 is 14.6 Å². The Bertz CT molecular complexity index is 922. The van der Waals surface area contributed by atoms with Gasteiger partial charge in [-0.05, 0) is 49.2 Å². The summed E-state index contributed by atoms with van der Waals surface area (Å²) >= 11 is 1.55. The Labute approximate surface area is 174 Å². The molecule has 0 radical (unpaired) electrons. The fourth-order valence-electron chi connectivity index (χ4n) is 3.52. The van der Waals surface area contributed by atoms with Gasteiger partial charge in [0.15, 0.2) is 11.0 Å². The summed E-state index contributed by atoms with van der Waals surface area (Å²) in [6.45, 7) is 0.291. The van der Waals surface area contributed by atoms with Crippen molar-refractivity contribution in [2.24, 2.45) is 0 Å². The van der Waals surface area contributed by atoms with Gasteiger partial charge in [0.05, 0.1) is 12.7 Å². The third kappa shape index (κ3) is 4.74. The first kappa shape index (κ1) is 19.8. The van der Waals surface area contributed by atoms with Gasteiger partial charge in [0.2, 0.25) is 0 Å². The van der Waals surface area contributed by atoms with Gasteiger partial charge in [0.25, 0.3) is 0 Å². The summed E-state index contributed by atoms with van der Waals surface area (Å²) in [4.78, 5) is 0. The molecule has 1 aliphatic carbocycles.